The third kappa shape index (κ3) is 4.47. The van der Waals surface area contributed by atoms with E-state index < -0.39 is 0 Å². The predicted molar refractivity (Wildman–Crippen MR) is 88.9 cm³/mol. The van der Waals surface area contributed by atoms with Crippen LogP contribution >= 0.6 is 0 Å². The monoisotopic (exact) mass is 286 g/mol. The molecule has 1 unspecified atom stereocenters. The molecule has 0 heterocycles. The van der Waals surface area contributed by atoms with Crippen LogP contribution in [0.25, 0.3) is 10.8 Å². The standard InChI is InChI=1S/C19H26O2/c1-19(2,3)11-10-16(20)12-15-7-5-6-14-8-9-17(21-4)13-18(14)15/h5-9,13,16,20H,10-12H2,1-4H3. The first kappa shape index (κ1) is 15.8. The molecule has 0 aliphatic heterocycles. The third-order valence-electron chi connectivity index (χ3n) is 3.86. The van der Waals surface area contributed by atoms with E-state index in [2.05, 4.69) is 51.1 Å². The maximum Gasteiger partial charge on any atom is 0.119 e. The van der Waals surface area contributed by atoms with Gasteiger partial charge in [0, 0.05) is 0 Å². The SMILES string of the molecule is COc1ccc2cccc(CC(O)CCC(C)(C)C)c2c1. The van der Waals surface area contributed by atoms with Gasteiger partial charge in [-0.3, -0.25) is 0 Å². The number of ether oxygens (including phenoxy) is 1. The molecule has 0 aromatic heterocycles. The number of methoxy groups -OCH3 is 1. The Balaban J connectivity index is 2.17. The molecule has 0 saturated carbocycles. The molecule has 2 rings (SSSR count). The summed E-state index contributed by atoms with van der Waals surface area (Å²) in [4.78, 5) is 0. The van der Waals surface area contributed by atoms with Gasteiger partial charge in [-0.2, -0.15) is 0 Å². The van der Waals surface area contributed by atoms with E-state index in [1.165, 1.54) is 16.3 Å². The van der Waals surface area contributed by atoms with Gasteiger partial charge in [0.05, 0.1) is 13.2 Å². The van der Waals surface area contributed by atoms with E-state index in [9.17, 15) is 5.11 Å². The molecule has 21 heavy (non-hydrogen) atoms. The molecular weight excluding hydrogens is 260 g/mol. The van der Waals surface area contributed by atoms with Crippen molar-refractivity contribution >= 4 is 10.8 Å². The number of rotatable bonds is 5. The van der Waals surface area contributed by atoms with E-state index in [1.807, 2.05) is 6.07 Å². The molecule has 0 spiro atoms. The summed E-state index contributed by atoms with van der Waals surface area (Å²) >= 11 is 0. The fourth-order valence-corrected chi connectivity index (χ4v) is 2.58. The van der Waals surface area contributed by atoms with Gasteiger partial charge in [0.15, 0.2) is 0 Å². The van der Waals surface area contributed by atoms with E-state index in [4.69, 9.17) is 4.74 Å². The molecular formula is C19H26O2. The average Bonchev–Trinajstić information content (AvgIpc) is 2.44. The highest BCUT2D eigenvalue weighted by molar-refractivity contribution is 5.87. The number of fused-ring (bicyclic) bond motifs is 1. The number of hydrogen-bond donors (Lipinski definition) is 1. The predicted octanol–water partition coefficient (Wildman–Crippen LogP) is 4.58. The maximum absolute atomic E-state index is 10.3. The highest BCUT2D eigenvalue weighted by Gasteiger charge is 2.15. The third-order valence-corrected chi connectivity index (χ3v) is 3.86. The second-order valence-corrected chi connectivity index (χ2v) is 6.96. The lowest BCUT2D eigenvalue weighted by molar-refractivity contribution is 0.146. The van der Waals surface area contributed by atoms with Crippen LogP contribution in [0.5, 0.6) is 5.75 Å². The average molecular weight is 286 g/mol. The summed E-state index contributed by atoms with van der Waals surface area (Å²) in [6, 6.07) is 12.4. The van der Waals surface area contributed by atoms with E-state index in [0.717, 1.165) is 18.6 Å². The Hall–Kier alpha value is -1.54. The Morgan fingerprint density at radius 3 is 2.57 bits per heavy atom. The molecule has 2 nitrogen and oxygen atoms in total. The molecule has 2 aromatic carbocycles. The topological polar surface area (TPSA) is 29.5 Å². The van der Waals surface area contributed by atoms with E-state index in [1.54, 1.807) is 7.11 Å². The summed E-state index contributed by atoms with van der Waals surface area (Å²) < 4.78 is 5.31. The van der Waals surface area contributed by atoms with Gasteiger partial charge in [0.2, 0.25) is 0 Å². The van der Waals surface area contributed by atoms with Crippen LogP contribution < -0.4 is 4.74 Å². The van der Waals surface area contributed by atoms with Gasteiger partial charge in [-0.1, -0.05) is 45.0 Å². The van der Waals surface area contributed by atoms with Gasteiger partial charge in [0.1, 0.15) is 5.75 Å². The Bertz CT molecular complexity index is 596. The van der Waals surface area contributed by atoms with Crippen molar-refractivity contribution in [2.75, 3.05) is 7.11 Å². The minimum atomic E-state index is -0.291. The fourth-order valence-electron chi connectivity index (χ4n) is 2.58. The van der Waals surface area contributed by atoms with Crippen molar-refractivity contribution in [1.29, 1.82) is 0 Å². The first-order valence-corrected chi connectivity index (χ1v) is 7.63. The van der Waals surface area contributed by atoms with Crippen LogP contribution in [0, 0.1) is 5.41 Å². The fraction of sp³-hybridized carbons (Fsp3) is 0.474. The lowest BCUT2D eigenvalue weighted by Gasteiger charge is -2.20. The molecule has 0 bridgehead atoms. The summed E-state index contributed by atoms with van der Waals surface area (Å²) in [7, 11) is 1.68. The number of hydrogen-bond acceptors (Lipinski definition) is 2. The summed E-state index contributed by atoms with van der Waals surface area (Å²) in [5.41, 5.74) is 1.45. The Morgan fingerprint density at radius 2 is 1.90 bits per heavy atom. The highest BCUT2D eigenvalue weighted by atomic mass is 16.5. The molecule has 0 aliphatic carbocycles. The zero-order valence-corrected chi connectivity index (χ0v) is 13.5. The van der Waals surface area contributed by atoms with Crippen molar-refractivity contribution in [1.82, 2.24) is 0 Å². The second kappa shape index (κ2) is 6.48. The molecule has 0 amide bonds. The van der Waals surface area contributed by atoms with Crippen LogP contribution in [-0.4, -0.2) is 18.3 Å². The number of aliphatic hydroxyl groups is 1. The Kier molecular flexibility index (Phi) is 4.89. The molecule has 0 saturated heterocycles. The van der Waals surface area contributed by atoms with Crippen LogP contribution in [0.15, 0.2) is 36.4 Å². The molecule has 0 fully saturated rings. The molecule has 0 aliphatic rings. The van der Waals surface area contributed by atoms with Gasteiger partial charge in [0.25, 0.3) is 0 Å². The second-order valence-electron chi connectivity index (χ2n) is 6.96. The van der Waals surface area contributed by atoms with Crippen molar-refractivity contribution in [3.8, 4) is 5.75 Å². The van der Waals surface area contributed by atoms with Crippen molar-refractivity contribution in [3.05, 3.63) is 42.0 Å². The van der Waals surface area contributed by atoms with E-state index in [-0.39, 0.29) is 11.5 Å². The first-order valence-electron chi connectivity index (χ1n) is 7.63. The lowest BCUT2D eigenvalue weighted by atomic mass is 9.88. The largest absolute Gasteiger partial charge is 0.497 e. The van der Waals surface area contributed by atoms with Gasteiger partial charge < -0.3 is 9.84 Å². The molecule has 0 radical (unpaired) electrons. The van der Waals surface area contributed by atoms with Crippen LogP contribution in [0.3, 0.4) is 0 Å². The van der Waals surface area contributed by atoms with Crippen LogP contribution in [0.2, 0.25) is 0 Å². The Labute approximate surface area is 127 Å². The maximum atomic E-state index is 10.3. The van der Waals surface area contributed by atoms with Crippen molar-refractivity contribution in [3.63, 3.8) is 0 Å². The molecule has 114 valence electrons. The van der Waals surface area contributed by atoms with E-state index >= 15 is 0 Å². The summed E-state index contributed by atoms with van der Waals surface area (Å²) in [6.07, 6.45) is 2.27. The summed E-state index contributed by atoms with van der Waals surface area (Å²) in [5, 5.41) is 12.7. The molecule has 1 N–H and O–H groups in total. The lowest BCUT2D eigenvalue weighted by Crippen LogP contribution is -2.15. The van der Waals surface area contributed by atoms with Crippen molar-refractivity contribution < 1.29 is 9.84 Å². The van der Waals surface area contributed by atoms with Gasteiger partial charge in [-0.15, -0.1) is 0 Å². The van der Waals surface area contributed by atoms with Gasteiger partial charge in [-0.05, 0) is 53.1 Å². The normalized spacial score (nSPS) is 13.4. The summed E-state index contributed by atoms with van der Waals surface area (Å²) in [5.74, 6) is 0.860. The molecule has 2 aromatic rings. The number of aliphatic hydroxyl groups excluding tert-OH is 1. The van der Waals surface area contributed by atoms with Crippen LogP contribution in [0.1, 0.15) is 39.2 Å². The zero-order valence-electron chi connectivity index (χ0n) is 13.5. The van der Waals surface area contributed by atoms with E-state index in [0.29, 0.717) is 6.42 Å². The molecule has 1 atom stereocenters. The molecule has 2 heteroatoms. The minimum Gasteiger partial charge on any atom is -0.497 e. The summed E-state index contributed by atoms with van der Waals surface area (Å²) in [6.45, 7) is 6.63. The first-order chi connectivity index (χ1) is 9.89. The highest BCUT2D eigenvalue weighted by Crippen LogP contribution is 2.27. The van der Waals surface area contributed by atoms with Crippen LogP contribution in [0.4, 0.5) is 0 Å². The van der Waals surface area contributed by atoms with Crippen molar-refractivity contribution in [2.45, 2.75) is 46.1 Å². The Morgan fingerprint density at radius 1 is 1.14 bits per heavy atom. The van der Waals surface area contributed by atoms with Gasteiger partial charge >= 0.3 is 0 Å². The zero-order chi connectivity index (χ0) is 15.5. The minimum absolute atomic E-state index is 0.267. The van der Waals surface area contributed by atoms with Crippen LogP contribution in [-0.2, 0) is 6.42 Å². The quantitative estimate of drug-likeness (QED) is 0.872. The van der Waals surface area contributed by atoms with Crippen molar-refractivity contribution in [2.24, 2.45) is 5.41 Å². The number of benzene rings is 2. The smallest absolute Gasteiger partial charge is 0.119 e. The van der Waals surface area contributed by atoms with Gasteiger partial charge in [-0.25, -0.2) is 0 Å².